The Balaban J connectivity index is 2.36. The van der Waals surface area contributed by atoms with E-state index in [1.807, 2.05) is 12.1 Å². The highest BCUT2D eigenvalue weighted by atomic mass is 79.9. The Bertz CT molecular complexity index is 309. The van der Waals surface area contributed by atoms with Crippen LogP contribution in [-0.2, 0) is 6.54 Å². The van der Waals surface area contributed by atoms with Gasteiger partial charge in [0.05, 0.1) is 0 Å². The largest absolute Gasteiger partial charge is 0.310 e. The highest BCUT2D eigenvalue weighted by molar-refractivity contribution is 9.10. The van der Waals surface area contributed by atoms with E-state index in [0.717, 1.165) is 19.4 Å². The van der Waals surface area contributed by atoms with Crippen LogP contribution < -0.4 is 5.32 Å². The maximum Gasteiger partial charge on any atom is 0.0220 e. The van der Waals surface area contributed by atoms with E-state index in [2.05, 4.69) is 52.9 Å². The van der Waals surface area contributed by atoms with E-state index in [9.17, 15) is 0 Å². The van der Waals surface area contributed by atoms with Gasteiger partial charge >= 0.3 is 0 Å². The van der Waals surface area contributed by atoms with Crippen molar-refractivity contribution < 1.29 is 0 Å². The average molecular weight is 268 g/mol. The van der Waals surface area contributed by atoms with Crippen LogP contribution in [0.4, 0.5) is 0 Å². The first-order valence-corrected chi connectivity index (χ1v) is 6.11. The number of rotatable bonds is 6. The standard InChI is InChI=1S/C13H18BrN/c1-3-4-7-11(2)15-10-12-8-5-6-9-13(12)14/h3,5-6,8-9,11,15H,1,4,7,10H2,2H3/t11-/m0/s1. The Morgan fingerprint density at radius 2 is 2.20 bits per heavy atom. The Hall–Kier alpha value is -0.600. The maximum absolute atomic E-state index is 3.73. The van der Waals surface area contributed by atoms with E-state index in [1.165, 1.54) is 10.0 Å². The molecule has 0 aliphatic heterocycles. The third-order valence-corrected chi connectivity index (χ3v) is 3.18. The van der Waals surface area contributed by atoms with Gasteiger partial charge in [-0.05, 0) is 31.4 Å². The molecule has 0 amide bonds. The van der Waals surface area contributed by atoms with Gasteiger partial charge in [0.1, 0.15) is 0 Å². The van der Waals surface area contributed by atoms with Crippen molar-refractivity contribution in [2.24, 2.45) is 0 Å². The molecule has 0 unspecified atom stereocenters. The van der Waals surface area contributed by atoms with E-state index in [4.69, 9.17) is 0 Å². The molecule has 0 aromatic heterocycles. The van der Waals surface area contributed by atoms with E-state index >= 15 is 0 Å². The smallest absolute Gasteiger partial charge is 0.0220 e. The highest BCUT2D eigenvalue weighted by Gasteiger charge is 2.02. The molecule has 1 rings (SSSR count). The number of hydrogen-bond donors (Lipinski definition) is 1. The summed E-state index contributed by atoms with van der Waals surface area (Å²) in [6.07, 6.45) is 4.19. The molecule has 0 aliphatic carbocycles. The lowest BCUT2D eigenvalue weighted by molar-refractivity contribution is 0.517. The summed E-state index contributed by atoms with van der Waals surface area (Å²) in [6.45, 7) is 6.85. The van der Waals surface area contributed by atoms with Crippen LogP contribution in [0, 0.1) is 0 Å². The van der Waals surface area contributed by atoms with Gasteiger partial charge in [0.25, 0.3) is 0 Å². The van der Waals surface area contributed by atoms with Gasteiger partial charge in [0.2, 0.25) is 0 Å². The Kier molecular flexibility index (Phi) is 5.66. The molecule has 15 heavy (non-hydrogen) atoms. The Morgan fingerprint density at radius 3 is 2.87 bits per heavy atom. The molecule has 82 valence electrons. The number of hydrogen-bond acceptors (Lipinski definition) is 1. The first kappa shape index (κ1) is 12.5. The molecule has 0 saturated carbocycles. The molecule has 0 radical (unpaired) electrons. The summed E-state index contributed by atoms with van der Waals surface area (Å²) in [5, 5.41) is 3.50. The molecule has 1 nitrogen and oxygen atoms in total. The van der Waals surface area contributed by atoms with Crippen molar-refractivity contribution >= 4 is 15.9 Å². The second kappa shape index (κ2) is 6.81. The van der Waals surface area contributed by atoms with Crippen LogP contribution in [0.25, 0.3) is 0 Å². The summed E-state index contributed by atoms with van der Waals surface area (Å²) in [4.78, 5) is 0. The van der Waals surface area contributed by atoms with Gasteiger partial charge in [-0.2, -0.15) is 0 Å². The van der Waals surface area contributed by atoms with Crippen LogP contribution in [-0.4, -0.2) is 6.04 Å². The maximum atomic E-state index is 3.73. The molecule has 0 heterocycles. The molecule has 1 aromatic rings. The summed E-state index contributed by atoms with van der Waals surface area (Å²) in [5.74, 6) is 0. The van der Waals surface area contributed by atoms with E-state index < -0.39 is 0 Å². The van der Waals surface area contributed by atoms with Crippen LogP contribution in [0.3, 0.4) is 0 Å². The van der Waals surface area contributed by atoms with Crippen LogP contribution >= 0.6 is 15.9 Å². The number of halogens is 1. The topological polar surface area (TPSA) is 12.0 Å². The molecule has 1 N–H and O–H groups in total. The number of allylic oxidation sites excluding steroid dienone is 1. The van der Waals surface area contributed by atoms with E-state index in [0.29, 0.717) is 6.04 Å². The summed E-state index contributed by atoms with van der Waals surface area (Å²) in [5.41, 5.74) is 1.31. The van der Waals surface area contributed by atoms with Crippen LogP contribution in [0.15, 0.2) is 41.4 Å². The lowest BCUT2D eigenvalue weighted by Gasteiger charge is -2.13. The van der Waals surface area contributed by atoms with Crippen molar-refractivity contribution in [2.45, 2.75) is 32.4 Å². The number of benzene rings is 1. The van der Waals surface area contributed by atoms with Crippen LogP contribution in [0.5, 0.6) is 0 Å². The Morgan fingerprint density at radius 1 is 1.47 bits per heavy atom. The minimum Gasteiger partial charge on any atom is -0.310 e. The fraction of sp³-hybridized carbons (Fsp3) is 0.385. The molecular weight excluding hydrogens is 250 g/mol. The minimum atomic E-state index is 0.537. The van der Waals surface area contributed by atoms with Crippen molar-refractivity contribution in [3.05, 3.63) is 47.0 Å². The van der Waals surface area contributed by atoms with Crippen molar-refractivity contribution in [3.63, 3.8) is 0 Å². The molecular formula is C13H18BrN. The zero-order chi connectivity index (χ0) is 11.1. The third kappa shape index (κ3) is 4.63. The zero-order valence-corrected chi connectivity index (χ0v) is 10.8. The van der Waals surface area contributed by atoms with Crippen molar-refractivity contribution in [3.8, 4) is 0 Å². The van der Waals surface area contributed by atoms with Gasteiger partial charge in [-0.3, -0.25) is 0 Å². The van der Waals surface area contributed by atoms with E-state index in [-0.39, 0.29) is 0 Å². The lowest BCUT2D eigenvalue weighted by atomic mass is 10.1. The molecule has 0 fully saturated rings. The van der Waals surface area contributed by atoms with Gasteiger partial charge in [-0.25, -0.2) is 0 Å². The van der Waals surface area contributed by atoms with Gasteiger partial charge in [-0.15, -0.1) is 6.58 Å². The fourth-order valence-corrected chi connectivity index (χ4v) is 1.82. The molecule has 1 atom stereocenters. The second-order valence-corrected chi connectivity index (χ2v) is 4.59. The van der Waals surface area contributed by atoms with Gasteiger partial charge in [-0.1, -0.05) is 40.2 Å². The Labute approximate surface area is 101 Å². The van der Waals surface area contributed by atoms with Gasteiger partial charge in [0.15, 0.2) is 0 Å². The normalized spacial score (nSPS) is 12.4. The third-order valence-electron chi connectivity index (χ3n) is 2.40. The molecule has 0 aliphatic rings. The molecule has 1 aromatic carbocycles. The summed E-state index contributed by atoms with van der Waals surface area (Å²) < 4.78 is 1.17. The summed E-state index contributed by atoms with van der Waals surface area (Å²) in [6, 6.07) is 8.85. The van der Waals surface area contributed by atoms with Crippen molar-refractivity contribution in [2.75, 3.05) is 0 Å². The predicted octanol–water partition coefficient (Wildman–Crippen LogP) is 3.89. The van der Waals surface area contributed by atoms with Gasteiger partial charge < -0.3 is 5.32 Å². The monoisotopic (exact) mass is 267 g/mol. The predicted molar refractivity (Wildman–Crippen MR) is 69.9 cm³/mol. The summed E-state index contributed by atoms with van der Waals surface area (Å²) in [7, 11) is 0. The van der Waals surface area contributed by atoms with Gasteiger partial charge in [0, 0.05) is 17.1 Å². The SMILES string of the molecule is C=CCC[C@H](C)NCc1ccccc1Br. The first-order valence-electron chi connectivity index (χ1n) is 5.31. The van der Waals surface area contributed by atoms with Crippen molar-refractivity contribution in [1.29, 1.82) is 0 Å². The fourth-order valence-electron chi connectivity index (χ4n) is 1.40. The van der Waals surface area contributed by atoms with Crippen molar-refractivity contribution in [1.82, 2.24) is 5.32 Å². The molecule has 0 bridgehead atoms. The first-order chi connectivity index (χ1) is 7.24. The van der Waals surface area contributed by atoms with Crippen LogP contribution in [0.2, 0.25) is 0 Å². The van der Waals surface area contributed by atoms with Crippen LogP contribution in [0.1, 0.15) is 25.3 Å². The quantitative estimate of drug-likeness (QED) is 0.772. The average Bonchev–Trinajstić information content (AvgIpc) is 2.25. The zero-order valence-electron chi connectivity index (χ0n) is 9.17. The van der Waals surface area contributed by atoms with E-state index in [1.54, 1.807) is 0 Å². The second-order valence-electron chi connectivity index (χ2n) is 3.74. The lowest BCUT2D eigenvalue weighted by Crippen LogP contribution is -2.25. The highest BCUT2D eigenvalue weighted by Crippen LogP contribution is 2.15. The summed E-state index contributed by atoms with van der Waals surface area (Å²) >= 11 is 3.54. The minimum absolute atomic E-state index is 0.537. The molecule has 0 saturated heterocycles. The molecule has 0 spiro atoms. The molecule has 2 heteroatoms. The number of nitrogens with one attached hydrogen (secondary N) is 1.